The Bertz CT molecular complexity index is 454. The van der Waals surface area contributed by atoms with Crippen molar-refractivity contribution in [1.82, 2.24) is 15.2 Å². The van der Waals surface area contributed by atoms with Crippen LogP contribution >= 0.6 is 0 Å². The van der Waals surface area contributed by atoms with E-state index >= 15 is 0 Å². The second-order valence-electron chi connectivity index (χ2n) is 6.04. The van der Waals surface area contributed by atoms with Crippen LogP contribution in [0.4, 0.5) is 0 Å². The maximum atomic E-state index is 5.47. The minimum atomic E-state index is 0.617. The van der Waals surface area contributed by atoms with E-state index in [-0.39, 0.29) is 0 Å². The third-order valence-electron chi connectivity index (χ3n) is 4.44. The summed E-state index contributed by atoms with van der Waals surface area (Å²) in [5.74, 6) is 0.972. The van der Waals surface area contributed by atoms with Crippen molar-refractivity contribution in [1.29, 1.82) is 0 Å². The second-order valence-corrected chi connectivity index (χ2v) is 6.04. The van der Waals surface area contributed by atoms with Crippen molar-refractivity contribution in [3.8, 4) is 5.75 Å². The lowest BCUT2D eigenvalue weighted by Crippen LogP contribution is -2.42. The molecule has 2 heterocycles. The SMILES string of the molecule is CCCN1CCC(NCc2ncc(C)c(OC)c2C)CC1. The second kappa shape index (κ2) is 7.76. The fourth-order valence-electron chi connectivity index (χ4n) is 3.17. The number of aryl methyl sites for hydroxylation is 1. The van der Waals surface area contributed by atoms with Crippen molar-refractivity contribution < 1.29 is 4.74 Å². The molecule has 0 aromatic carbocycles. The van der Waals surface area contributed by atoms with Crippen LogP contribution in [-0.4, -0.2) is 42.7 Å². The highest BCUT2D eigenvalue weighted by Gasteiger charge is 2.18. The van der Waals surface area contributed by atoms with Crippen molar-refractivity contribution in [2.75, 3.05) is 26.7 Å². The molecule has 4 nitrogen and oxygen atoms in total. The van der Waals surface area contributed by atoms with Crippen LogP contribution in [0.15, 0.2) is 6.20 Å². The molecule has 1 aliphatic heterocycles. The molecule has 4 heteroatoms. The maximum Gasteiger partial charge on any atom is 0.128 e. The molecule has 0 saturated carbocycles. The first kappa shape index (κ1) is 16.2. The van der Waals surface area contributed by atoms with Gasteiger partial charge in [0.1, 0.15) is 5.75 Å². The topological polar surface area (TPSA) is 37.4 Å². The highest BCUT2D eigenvalue weighted by Crippen LogP contribution is 2.24. The molecule has 0 aliphatic carbocycles. The Labute approximate surface area is 128 Å². The van der Waals surface area contributed by atoms with Crippen LogP contribution in [0, 0.1) is 13.8 Å². The third kappa shape index (κ3) is 4.17. The third-order valence-corrected chi connectivity index (χ3v) is 4.44. The van der Waals surface area contributed by atoms with E-state index < -0.39 is 0 Å². The van der Waals surface area contributed by atoms with Gasteiger partial charge in [0.25, 0.3) is 0 Å². The van der Waals surface area contributed by atoms with E-state index in [0.717, 1.165) is 29.1 Å². The van der Waals surface area contributed by atoms with Gasteiger partial charge < -0.3 is 15.0 Å². The zero-order valence-electron chi connectivity index (χ0n) is 13.9. The number of aromatic nitrogens is 1. The van der Waals surface area contributed by atoms with Crippen molar-refractivity contribution in [3.05, 3.63) is 23.0 Å². The molecule has 0 unspecified atom stereocenters. The van der Waals surface area contributed by atoms with Gasteiger partial charge >= 0.3 is 0 Å². The van der Waals surface area contributed by atoms with Gasteiger partial charge in [-0.05, 0) is 52.7 Å². The van der Waals surface area contributed by atoms with Gasteiger partial charge in [-0.3, -0.25) is 4.98 Å². The summed E-state index contributed by atoms with van der Waals surface area (Å²) in [7, 11) is 1.73. The highest BCUT2D eigenvalue weighted by molar-refractivity contribution is 5.40. The molecule has 0 bridgehead atoms. The van der Waals surface area contributed by atoms with E-state index in [0.29, 0.717) is 6.04 Å². The van der Waals surface area contributed by atoms with Crippen LogP contribution in [-0.2, 0) is 6.54 Å². The van der Waals surface area contributed by atoms with E-state index in [1.807, 2.05) is 13.1 Å². The minimum Gasteiger partial charge on any atom is -0.496 e. The van der Waals surface area contributed by atoms with Gasteiger partial charge in [-0.25, -0.2) is 0 Å². The molecule has 1 saturated heterocycles. The van der Waals surface area contributed by atoms with E-state index in [9.17, 15) is 0 Å². The van der Waals surface area contributed by atoms with E-state index in [1.165, 1.54) is 38.9 Å². The number of rotatable bonds is 6. The number of hydrogen-bond acceptors (Lipinski definition) is 4. The molecule has 1 aliphatic rings. The van der Waals surface area contributed by atoms with Gasteiger partial charge in [0.2, 0.25) is 0 Å². The van der Waals surface area contributed by atoms with Gasteiger partial charge in [0.15, 0.2) is 0 Å². The molecule has 0 amide bonds. The normalized spacial score (nSPS) is 17.1. The molecule has 0 spiro atoms. The molecule has 1 aromatic rings. The number of ether oxygens (including phenoxy) is 1. The molecular weight excluding hydrogens is 262 g/mol. The molecule has 1 N–H and O–H groups in total. The van der Waals surface area contributed by atoms with E-state index in [1.54, 1.807) is 7.11 Å². The van der Waals surface area contributed by atoms with Crippen LogP contribution in [0.2, 0.25) is 0 Å². The Morgan fingerprint density at radius 3 is 2.67 bits per heavy atom. The fraction of sp³-hybridized carbons (Fsp3) is 0.706. The monoisotopic (exact) mass is 291 g/mol. The largest absolute Gasteiger partial charge is 0.496 e. The van der Waals surface area contributed by atoms with Gasteiger partial charge in [-0.2, -0.15) is 0 Å². The van der Waals surface area contributed by atoms with Crippen molar-refractivity contribution in [3.63, 3.8) is 0 Å². The number of hydrogen-bond donors (Lipinski definition) is 1. The average molecular weight is 291 g/mol. The summed E-state index contributed by atoms with van der Waals surface area (Å²) in [4.78, 5) is 7.13. The zero-order valence-corrected chi connectivity index (χ0v) is 13.9. The van der Waals surface area contributed by atoms with Gasteiger partial charge in [-0.1, -0.05) is 6.92 Å². The molecule has 1 fully saturated rings. The predicted molar refractivity (Wildman–Crippen MR) is 86.9 cm³/mol. The van der Waals surface area contributed by atoms with Crippen LogP contribution in [0.3, 0.4) is 0 Å². The van der Waals surface area contributed by atoms with E-state index in [2.05, 4.69) is 29.0 Å². The van der Waals surface area contributed by atoms with Crippen LogP contribution in [0.25, 0.3) is 0 Å². The number of piperidine rings is 1. The lowest BCUT2D eigenvalue weighted by molar-refractivity contribution is 0.197. The Morgan fingerprint density at radius 2 is 2.05 bits per heavy atom. The lowest BCUT2D eigenvalue weighted by atomic mass is 10.0. The highest BCUT2D eigenvalue weighted by atomic mass is 16.5. The van der Waals surface area contributed by atoms with Crippen LogP contribution in [0.1, 0.15) is 43.0 Å². The molecule has 118 valence electrons. The van der Waals surface area contributed by atoms with Crippen molar-refractivity contribution >= 4 is 0 Å². The van der Waals surface area contributed by atoms with Crippen LogP contribution < -0.4 is 10.1 Å². The molecule has 21 heavy (non-hydrogen) atoms. The Kier molecular flexibility index (Phi) is 6.00. The zero-order chi connectivity index (χ0) is 15.2. The van der Waals surface area contributed by atoms with Gasteiger partial charge in [0, 0.05) is 29.9 Å². The van der Waals surface area contributed by atoms with Crippen molar-refractivity contribution in [2.24, 2.45) is 0 Å². The summed E-state index contributed by atoms with van der Waals surface area (Å²) in [5.41, 5.74) is 3.37. The number of nitrogens with one attached hydrogen (secondary N) is 1. The minimum absolute atomic E-state index is 0.617. The fourth-order valence-corrected chi connectivity index (χ4v) is 3.17. The summed E-state index contributed by atoms with van der Waals surface area (Å²) in [6.45, 7) is 10.9. The summed E-state index contributed by atoms with van der Waals surface area (Å²) in [6, 6.07) is 0.617. The molecule has 2 rings (SSSR count). The number of methoxy groups -OCH3 is 1. The number of pyridine rings is 1. The Balaban J connectivity index is 1.87. The average Bonchev–Trinajstić information content (AvgIpc) is 2.49. The van der Waals surface area contributed by atoms with Gasteiger partial charge in [0.05, 0.1) is 12.8 Å². The first-order valence-corrected chi connectivity index (χ1v) is 8.10. The van der Waals surface area contributed by atoms with Gasteiger partial charge in [-0.15, -0.1) is 0 Å². The molecule has 0 radical (unpaired) electrons. The summed E-state index contributed by atoms with van der Waals surface area (Å²) in [6.07, 6.45) is 5.64. The lowest BCUT2D eigenvalue weighted by Gasteiger charge is -2.32. The Morgan fingerprint density at radius 1 is 1.33 bits per heavy atom. The predicted octanol–water partition coefficient (Wildman–Crippen LogP) is 2.67. The van der Waals surface area contributed by atoms with Crippen molar-refractivity contribution in [2.45, 2.75) is 52.6 Å². The summed E-state index contributed by atoms with van der Waals surface area (Å²) >= 11 is 0. The molecule has 0 atom stereocenters. The quantitative estimate of drug-likeness (QED) is 0.874. The standard InChI is InChI=1S/C17H29N3O/c1-5-8-20-9-6-15(7-10-20)18-12-16-14(3)17(21-4)13(2)11-19-16/h11,15,18H,5-10,12H2,1-4H3. The maximum absolute atomic E-state index is 5.47. The first-order valence-electron chi connectivity index (χ1n) is 8.10. The first-order chi connectivity index (χ1) is 10.2. The number of likely N-dealkylation sites (tertiary alicyclic amines) is 1. The molecular formula is C17H29N3O. The number of nitrogens with zero attached hydrogens (tertiary/aromatic N) is 2. The summed E-state index contributed by atoms with van der Waals surface area (Å²) < 4.78 is 5.47. The summed E-state index contributed by atoms with van der Waals surface area (Å²) in [5, 5.41) is 3.67. The van der Waals surface area contributed by atoms with Crippen LogP contribution in [0.5, 0.6) is 5.75 Å². The van der Waals surface area contributed by atoms with E-state index in [4.69, 9.17) is 4.74 Å². The molecule has 1 aromatic heterocycles. The Hall–Kier alpha value is -1.13. The smallest absolute Gasteiger partial charge is 0.128 e.